The van der Waals surface area contributed by atoms with Gasteiger partial charge in [0.2, 0.25) is 0 Å². The summed E-state index contributed by atoms with van der Waals surface area (Å²) in [6, 6.07) is 14.6. The van der Waals surface area contributed by atoms with Crippen LogP contribution in [0.4, 0.5) is 5.69 Å². The van der Waals surface area contributed by atoms with Gasteiger partial charge in [0.15, 0.2) is 0 Å². The number of benzene rings is 2. The molecule has 0 atom stereocenters. The Morgan fingerprint density at radius 2 is 1.76 bits per heavy atom. The van der Waals surface area contributed by atoms with Crippen molar-refractivity contribution in [2.45, 2.75) is 25.7 Å². The normalized spacial score (nSPS) is 11.7. The molecule has 0 aliphatic carbocycles. The number of hydrogen-bond acceptors (Lipinski definition) is 5. The molecule has 0 bridgehead atoms. The maximum atomic E-state index is 12.3. The van der Waals surface area contributed by atoms with Crippen LogP contribution in [-0.2, 0) is 10.0 Å². The predicted octanol–water partition coefficient (Wildman–Crippen LogP) is 3.62. The van der Waals surface area contributed by atoms with Gasteiger partial charge in [-0.1, -0.05) is 23.8 Å². The van der Waals surface area contributed by atoms with Crippen LogP contribution >= 0.6 is 0 Å². The third-order valence-corrected chi connectivity index (χ3v) is 5.72. The number of hydrazone groups is 1. The molecular formula is C20H20N4O4S. The lowest BCUT2D eigenvalue weighted by atomic mass is 10.2. The second kappa shape index (κ2) is 7.88. The van der Waals surface area contributed by atoms with Crippen LogP contribution in [-0.4, -0.2) is 24.1 Å². The molecule has 2 aromatic carbocycles. The summed E-state index contributed by atoms with van der Waals surface area (Å²) >= 11 is 0. The molecule has 0 radical (unpaired) electrons. The van der Waals surface area contributed by atoms with E-state index in [1.807, 2.05) is 31.4 Å². The van der Waals surface area contributed by atoms with E-state index in [2.05, 4.69) is 9.93 Å². The Morgan fingerprint density at radius 1 is 1.07 bits per heavy atom. The Labute approximate surface area is 168 Å². The van der Waals surface area contributed by atoms with Crippen LogP contribution in [0.3, 0.4) is 0 Å². The predicted molar refractivity (Wildman–Crippen MR) is 111 cm³/mol. The van der Waals surface area contributed by atoms with Gasteiger partial charge < -0.3 is 4.57 Å². The number of nitro benzene ring substituents is 1. The number of nitrogens with zero attached hydrogens (tertiary/aromatic N) is 3. The highest BCUT2D eigenvalue weighted by molar-refractivity contribution is 7.89. The first kappa shape index (κ1) is 20.3. The van der Waals surface area contributed by atoms with Gasteiger partial charge in [0.05, 0.1) is 21.7 Å². The molecule has 29 heavy (non-hydrogen) atoms. The summed E-state index contributed by atoms with van der Waals surface area (Å²) in [7, 11) is -3.76. The largest absolute Gasteiger partial charge is 0.318 e. The number of nitrogens with one attached hydrogen (secondary N) is 1. The van der Waals surface area contributed by atoms with Crippen molar-refractivity contribution in [2.24, 2.45) is 5.10 Å². The highest BCUT2D eigenvalue weighted by Crippen LogP contribution is 2.23. The van der Waals surface area contributed by atoms with Crippen molar-refractivity contribution in [3.8, 4) is 5.69 Å². The van der Waals surface area contributed by atoms with Gasteiger partial charge in [-0.15, -0.1) is 0 Å². The second-order valence-electron chi connectivity index (χ2n) is 6.60. The average Bonchev–Trinajstić information content (AvgIpc) is 2.95. The van der Waals surface area contributed by atoms with E-state index >= 15 is 0 Å². The molecule has 0 amide bonds. The summed E-state index contributed by atoms with van der Waals surface area (Å²) in [5.74, 6) is 0. The molecule has 1 heterocycles. The Balaban J connectivity index is 1.86. The van der Waals surface area contributed by atoms with Crippen LogP contribution in [0.1, 0.15) is 22.5 Å². The standard InChI is InChI=1S/C20H20N4O4S/c1-14-7-9-20(10-8-14)29(27,28)22-21-13-17-11-15(2)23(16(17)3)18-5-4-6-19(12-18)24(25)26/h4-13,22H,1-3H3/b21-13-. The number of rotatable bonds is 6. The second-order valence-corrected chi connectivity index (χ2v) is 8.27. The van der Waals surface area contributed by atoms with Crippen LogP contribution in [0, 0.1) is 30.9 Å². The van der Waals surface area contributed by atoms with Crippen molar-refractivity contribution in [3.05, 3.63) is 87.2 Å². The van der Waals surface area contributed by atoms with Crippen LogP contribution in [0.25, 0.3) is 5.69 Å². The van der Waals surface area contributed by atoms with Gasteiger partial charge >= 0.3 is 0 Å². The summed E-state index contributed by atoms with van der Waals surface area (Å²) in [4.78, 5) is 12.9. The zero-order valence-electron chi connectivity index (χ0n) is 16.2. The molecule has 1 N–H and O–H groups in total. The quantitative estimate of drug-likeness (QED) is 0.379. The summed E-state index contributed by atoms with van der Waals surface area (Å²) in [6.45, 7) is 5.57. The highest BCUT2D eigenvalue weighted by atomic mass is 32.2. The minimum atomic E-state index is -3.76. The third-order valence-electron chi connectivity index (χ3n) is 4.48. The van der Waals surface area contributed by atoms with E-state index in [1.54, 1.807) is 24.3 Å². The minimum absolute atomic E-state index is 0.00363. The van der Waals surface area contributed by atoms with Crippen LogP contribution in [0.5, 0.6) is 0 Å². The smallest absolute Gasteiger partial charge is 0.276 e. The van der Waals surface area contributed by atoms with Gasteiger partial charge in [0, 0.05) is 29.1 Å². The van der Waals surface area contributed by atoms with Crippen LogP contribution < -0.4 is 4.83 Å². The Morgan fingerprint density at radius 3 is 2.41 bits per heavy atom. The Bertz CT molecular complexity index is 1200. The Hall–Kier alpha value is -3.46. The third kappa shape index (κ3) is 4.35. The van der Waals surface area contributed by atoms with Crippen molar-refractivity contribution < 1.29 is 13.3 Å². The monoisotopic (exact) mass is 412 g/mol. The number of aromatic nitrogens is 1. The lowest BCUT2D eigenvalue weighted by Crippen LogP contribution is -2.18. The lowest BCUT2D eigenvalue weighted by molar-refractivity contribution is -0.384. The molecule has 0 spiro atoms. The molecule has 150 valence electrons. The molecule has 3 rings (SSSR count). The van der Waals surface area contributed by atoms with Crippen molar-refractivity contribution in [1.29, 1.82) is 0 Å². The number of hydrogen-bond donors (Lipinski definition) is 1. The zero-order valence-corrected chi connectivity index (χ0v) is 17.0. The fourth-order valence-corrected chi connectivity index (χ4v) is 3.79. The number of nitro groups is 1. The van der Waals surface area contributed by atoms with Gasteiger partial charge in [-0.05, 0) is 45.0 Å². The first-order valence-corrected chi connectivity index (χ1v) is 10.2. The molecule has 0 aliphatic heterocycles. The van der Waals surface area contributed by atoms with Crippen molar-refractivity contribution in [1.82, 2.24) is 9.40 Å². The molecule has 0 unspecified atom stereocenters. The van der Waals surface area contributed by atoms with Crippen molar-refractivity contribution >= 4 is 21.9 Å². The maximum Gasteiger partial charge on any atom is 0.276 e. The molecule has 1 aromatic heterocycles. The van der Waals surface area contributed by atoms with Crippen LogP contribution in [0.15, 0.2) is 64.6 Å². The van der Waals surface area contributed by atoms with Crippen molar-refractivity contribution in [3.63, 3.8) is 0 Å². The molecule has 3 aromatic rings. The van der Waals surface area contributed by atoms with E-state index in [0.717, 1.165) is 17.0 Å². The number of aryl methyl sites for hydroxylation is 2. The van der Waals surface area contributed by atoms with E-state index in [9.17, 15) is 18.5 Å². The van der Waals surface area contributed by atoms with E-state index in [1.165, 1.54) is 30.5 Å². The Kier molecular flexibility index (Phi) is 5.51. The van der Waals surface area contributed by atoms with Crippen LogP contribution in [0.2, 0.25) is 0 Å². The van der Waals surface area contributed by atoms with Gasteiger partial charge in [-0.2, -0.15) is 13.5 Å². The molecular weight excluding hydrogens is 392 g/mol. The SMILES string of the molecule is Cc1ccc(S(=O)(=O)N/N=C\c2cc(C)n(-c3cccc([N+](=O)[O-])c3)c2C)cc1. The lowest BCUT2D eigenvalue weighted by Gasteiger charge is -2.09. The number of non-ortho nitro benzene ring substituents is 1. The summed E-state index contributed by atoms with van der Waals surface area (Å²) in [5, 5.41) is 14.9. The molecule has 9 heteroatoms. The fraction of sp³-hybridized carbons (Fsp3) is 0.150. The zero-order chi connectivity index (χ0) is 21.2. The molecule has 0 saturated heterocycles. The summed E-state index contributed by atoms with van der Waals surface area (Å²) < 4.78 is 26.5. The van der Waals surface area contributed by atoms with Gasteiger partial charge in [0.1, 0.15) is 0 Å². The highest BCUT2D eigenvalue weighted by Gasteiger charge is 2.14. The molecule has 8 nitrogen and oxygen atoms in total. The average molecular weight is 412 g/mol. The first-order valence-electron chi connectivity index (χ1n) is 8.74. The summed E-state index contributed by atoms with van der Waals surface area (Å²) in [6.07, 6.45) is 1.42. The van der Waals surface area contributed by atoms with E-state index < -0.39 is 14.9 Å². The molecule has 0 saturated carbocycles. The van der Waals surface area contributed by atoms with Gasteiger partial charge in [-0.3, -0.25) is 10.1 Å². The topological polar surface area (TPSA) is 107 Å². The van der Waals surface area contributed by atoms with E-state index in [4.69, 9.17) is 0 Å². The van der Waals surface area contributed by atoms with Gasteiger partial charge in [-0.25, -0.2) is 4.83 Å². The van der Waals surface area contributed by atoms with Crippen molar-refractivity contribution in [2.75, 3.05) is 0 Å². The molecule has 0 aliphatic rings. The van der Waals surface area contributed by atoms with E-state index in [0.29, 0.717) is 11.3 Å². The van der Waals surface area contributed by atoms with Gasteiger partial charge in [0.25, 0.3) is 15.7 Å². The number of sulfonamides is 1. The molecule has 0 fully saturated rings. The maximum absolute atomic E-state index is 12.3. The minimum Gasteiger partial charge on any atom is -0.318 e. The fourth-order valence-electron chi connectivity index (χ4n) is 3.00. The van der Waals surface area contributed by atoms with E-state index in [-0.39, 0.29) is 10.6 Å². The summed E-state index contributed by atoms with van der Waals surface area (Å²) in [5.41, 5.74) is 3.92. The first-order chi connectivity index (χ1) is 13.7.